The molecule has 0 radical (unpaired) electrons. The summed E-state index contributed by atoms with van der Waals surface area (Å²) in [6, 6.07) is 31.0. The van der Waals surface area contributed by atoms with Crippen LogP contribution in [0.5, 0.6) is 5.75 Å². The van der Waals surface area contributed by atoms with Crippen molar-refractivity contribution in [1.82, 2.24) is 5.32 Å². The van der Waals surface area contributed by atoms with Gasteiger partial charge in [0.2, 0.25) is 0 Å². The molecule has 4 aromatic rings. The number of ether oxygens (including phenoxy) is 1. The number of anilines is 1. The molecule has 35 heavy (non-hydrogen) atoms. The largest absolute Gasteiger partial charge is 0.427 e. The van der Waals surface area contributed by atoms with E-state index in [1.54, 1.807) is 36.4 Å². The molecule has 0 spiro atoms. The lowest BCUT2D eigenvalue weighted by molar-refractivity contribution is -0.131. The first kappa shape index (κ1) is 23.4. The first-order valence-electron chi connectivity index (χ1n) is 11.1. The summed E-state index contributed by atoms with van der Waals surface area (Å²) in [5.74, 6) is -0.716. The average molecular weight is 465 g/mol. The van der Waals surface area contributed by atoms with Crippen LogP contribution in [0.1, 0.15) is 33.2 Å². The van der Waals surface area contributed by atoms with E-state index in [0.29, 0.717) is 22.6 Å². The molecular formula is C29H24N2O4. The minimum absolute atomic E-state index is 0.208. The zero-order valence-electron chi connectivity index (χ0n) is 19.2. The molecule has 0 heterocycles. The highest BCUT2D eigenvalue weighted by Gasteiger charge is 2.12. The number of hydrogen-bond donors (Lipinski definition) is 2. The maximum absolute atomic E-state index is 12.9. The Kier molecular flexibility index (Phi) is 7.33. The standard InChI is InChI=1S/C29H24N2O4/c1-20(32)35-26-12-7-11-24(18-26)28(33)30-19-25-10-5-6-13-27(25)31-29(34)23-16-14-22(15-17-23)21-8-3-2-4-9-21/h2-18H,19H2,1H3,(H,30,33)(H,31,34). The number of nitrogens with one attached hydrogen (secondary N) is 2. The summed E-state index contributed by atoms with van der Waals surface area (Å²) in [5, 5.41) is 5.78. The fourth-order valence-corrected chi connectivity index (χ4v) is 3.58. The van der Waals surface area contributed by atoms with Crippen LogP contribution in [-0.2, 0) is 11.3 Å². The monoisotopic (exact) mass is 464 g/mol. The van der Waals surface area contributed by atoms with E-state index < -0.39 is 5.97 Å². The average Bonchev–Trinajstić information content (AvgIpc) is 2.88. The van der Waals surface area contributed by atoms with Crippen molar-refractivity contribution >= 4 is 23.5 Å². The number of rotatable bonds is 7. The summed E-state index contributed by atoms with van der Waals surface area (Å²) < 4.78 is 5.04. The van der Waals surface area contributed by atoms with Gasteiger partial charge in [0.1, 0.15) is 5.75 Å². The Balaban J connectivity index is 1.41. The van der Waals surface area contributed by atoms with Crippen LogP contribution in [0.3, 0.4) is 0 Å². The number of para-hydroxylation sites is 1. The van der Waals surface area contributed by atoms with Crippen molar-refractivity contribution in [2.24, 2.45) is 0 Å². The molecule has 0 atom stereocenters. The first-order valence-corrected chi connectivity index (χ1v) is 11.1. The van der Waals surface area contributed by atoms with Gasteiger partial charge in [-0.1, -0.05) is 66.7 Å². The second-order valence-electron chi connectivity index (χ2n) is 7.86. The highest BCUT2D eigenvalue weighted by molar-refractivity contribution is 6.05. The van der Waals surface area contributed by atoms with Crippen LogP contribution in [0.2, 0.25) is 0 Å². The van der Waals surface area contributed by atoms with E-state index in [1.165, 1.54) is 13.0 Å². The molecule has 0 bridgehead atoms. The van der Waals surface area contributed by atoms with Crippen LogP contribution in [-0.4, -0.2) is 17.8 Å². The number of amides is 2. The molecule has 2 N–H and O–H groups in total. The molecule has 2 amide bonds. The van der Waals surface area contributed by atoms with E-state index in [1.807, 2.05) is 60.7 Å². The zero-order valence-corrected chi connectivity index (χ0v) is 19.2. The summed E-state index contributed by atoms with van der Waals surface area (Å²) in [4.78, 5) is 36.6. The predicted molar refractivity (Wildman–Crippen MR) is 135 cm³/mol. The van der Waals surface area contributed by atoms with Crippen LogP contribution < -0.4 is 15.4 Å². The SMILES string of the molecule is CC(=O)Oc1cccc(C(=O)NCc2ccccc2NC(=O)c2ccc(-c3ccccc3)cc2)c1. The summed E-state index contributed by atoms with van der Waals surface area (Å²) in [7, 11) is 0. The van der Waals surface area contributed by atoms with Crippen molar-refractivity contribution in [1.29, 1.82) is 0 Å². The summed E-state index contributed by atoms with van der Waals surface area (Å²) in [6.45, 7) is 1.51. The van der Waals surface area contributed by atoms with Crippen LogP contribution >= 0.6 is 0 Å². The summed E-state index contributed by atoms with van der Waals surface area (Å²) in [6.07, 6.45) is 0. The molecule has 4 rings (SSSR count). The van der Waals surface area contributed by atoms with Crippen molar-refractivity contribution in [3.63, 3.8) is 0 Å². The molecule has 0 fully saturated rings. The van der Waals surface area contributed by atoms with Crippen LogP contribution in [0.15, 0.2) is 103 Å². The van der Waals surface area contributed by atoms with E-state index >= 15 is 0 Å². The Morgan fingerprint density at radius 1 is 0.686 bits per heavy atom. The van der Waals surface area contributed by atoms with Gasteiger partial charge in [-0.05, 0) is 53.1 Å². The van der Waals surface area contributed by atoms with Gasteiger partial charge in [-0.2, -0.15) is 0 Å². The lowest BCUT2D eigenvalue weighted by Gasteiger charge is -2.13. The van der Waals surface area contributed by atoms with E-state index in [0.717, 1.165) is 16.7 Å². The molecule has 0 unspecified atom stereocenters. The molecule has 6 heteroatoms. The van der Waals surface area contributed by atoms with Crippen molar-refractivity contribution in [3.8, 4) is 16.9 Å². The number of carbonyl (C=O) groups excluding carboxylic acids is 3. The molecule has 0 aromatic heterocycles. The Labute approximate surface area is 203 Å². The topological polar surface area (TPSA) is 84.5 Å². The number of hydrogen-bond acceptors (Lipinski definition) is 4. The molecule has 0 saturated heterocycles. The Bertz CT molecular complexity index is 1350. The van der Waals surface area contributed by atoms with E-state index in [4.69, 9.17) is 4.74 Å². The van der Waals surface area contributed by atoms with Gasteiger partial charge < -0.3 is 15.4 Å². The quantitative estimate of drug-likeness (QED) is 0.281. The fourth-order valence-electron chi connectivity index (χ4n) is 3.58. The van der Waals surface area contributed by atoms with Crippen LogP contribution in [0, 0.1) is 0 Å². The minimum Gasteiger partial charge on any atom is -0.427 e. The molecule has 174 valence electrons. The molecule has 0 aliphatic heterocycles. The van der Waals surface area contributed by atoms with Gasteiger partial charge >= 0.3 is 5.97 Å². The maximum atomic E-state index is 12.9. The minimum atomic E-state index is -0.457. The lowest BCUT2D eigenvalue weighted by Crippen LogP contribution is -2.24. The van der Waals surface area contributed by atoms with Crippen LogP contribution in [0.4, 0.5) is 5.69 Å². The molecular weight excluding hydrogens is 440 g/mol. The Morgan fingerprint density at radius 3 is 2.11 bits per heavy atom. The second-order valence-corrected chi connectivity index (χ2v) is 7.86. The number of carbonyl (C=O) groups is 3. The van der Waals surface area contributed by atoms with Gasteiger partial charge in [-0.15, -0.1) is 0 Å². The first-order chi connectivity index (χ1) is 17.0. The molecule has 4 aromatic carbocycles. The fraction of sp³-hybridized carbons (Fsp3) is 0.0690. The van der Waals surface area contributed by atoms with Crippen molar-refractivity contribution in [3.05, 3.63) is 120 Å². The van der Waals surface area contributed by atoms with Gasteiger partial charge in [-0.25, -0.2) is 0 Å². The third-order valence-corrected chi connectivity index (χ3v) is 5.32. The second kappa shape index (κ2) is 10.9. The maximum Gasteiger partial charge on any atom is 0.308 e. The lowest BCUT2D eigenvalue weighted by atomic mass is 10.0. The number of esters is 1. The van der Waals surface area contributed by atoms with Crippen LogP contribution in [0.25, 0.3) is 11.1 Å². The Morgan fingerprint density at radius 2 is 1.37 bits per heavy atom. The third kappa shape index (κ3) is 6.21. The van der Waals surface area contributed by atoms with Gasteiger partial charge in [0.15, 0.2) is 0 Å². The van der Waals surface area contributed by atoms with Gasteiger partial charge in [0, 0.05) is 30.3 Å². The van der Waals surface area contributed by atoms with Gasteiger partial charge in [-0.3, -0.25) is 14.4 Å². The van der Waals surface area contributed by atoms with Crippen molar-refractivity contribution < 1.29 is 19.1 Å². The molecule has 0 saturated carbocycles. The summed E-state index contributed by atoms with van der Waals surface area (Å²) in [5.41, 5.74) is 4.38. The van der Waals surface area contributed by atoms with E-state index in [-0.39, 0.29) is 18.4 Å². The Hall–Kier alpha value is -4.71. The van der Waals surface area contributed by atoms with Gasteiger partial charge in [0.05, 0.1) is 0 Å². The third-order valence-electron chi connectivity index (χ3n) is 5.32. The normalized spacial score (nSPS) is 10.3. The van der Waals surface area contributed by atoms with E-state index in [9.17, 15) is 14.4 Å². The highest BCUT2D eigenvalue weighted by atomic mass is 16.5. The highest BCUT2D eigenvalue weighted by Crippen LogP contribution is 2.21. The molecule has 0 aliphatic rings. The van der Waals surface area contributed by atoms with Crippen molar-refractivity contribution in [2.75, 3.05) is 5.32 Å². The molecule has 6 nitrogen and oxygen atoms in total. The van der Waals surface area contributed by atoms with Crippen molar-refractivity contribution in [2.45, 2.75) is 13.5 Å². The zero-order chi connectivity index (χ0) is 24.6. The smallest absolute Gasteiger partial charge is 0.308 e. The number of benzene rings is 4. The summed E-state index contributed by atoms with van der Waals surface area (Å²) >= 11 is 0. The van der Waals surface area contributed by atoms with Gasteiger partial charge in [0.25, 0.3) is 11.8 Å². The molecule has 0 aliphatic carbocycles. The predicted octanol–water partition coefficient (Wildman–Crippen LogP) is 5.46. The van der Waals surface area contributed by atoms with E-state index in [2.05, 4.69) is 10.6 Å².